The van der Waals surface area contributed by atoms with Gasteiger partial charge in [-0.2, -0.15) is 18.4 Å². The Morgan fingerprint density at radius 3 is 2.71 bits per heavy atom. The number of rotatable bonds is 4. The van der Waals surface area contributed by atoms with Gasteiger partial charge in [0.1, 0.15) is 11.1 Å². The Labute approximate surface area is 165 Å². The van der Waals surface area contributed by atoms with E-state index in [1.54, 1.807) is 6.92 Å². The lowest BCUT2D eigenvalue weighted by Crippen LogP contribution is -2.24. The number of thioether (sulfide) groups is 1. The second-order valence-electron chi connectivity index (χ2n) is 6.60. The molecule has 1 aliphatic carbocycles. The number of hydrogen-bond acceptors (Lipinski definition) is 4. The SMILES string of the molecule is Cc1c(C#N)c(SC(C)C(=O)Nc2ccccc2C(F)(F)F)nc2c1CCC2. The number of para-hydroxylation sites is 1. The van der Waals surface area contributed by atoms with Crippen molar-refractivity contribution in [3.05, 3.63) is 52.2 Å². The van der Waals surface area contributed by atoms with Crippen LogP contribution in [0.15, 0.2) is 29.3 Å². The van der Waals surface area contributed by atoms with E-state index in [1.807, 2.05) is 6.92 Å². The Morgan fingerprint density at radius 1 is 1.32 bits per heavy atom. The molecule has 1 aliphatic rings. The van der Waals surface area contributed by atoms with Crippen LogP contribution in [0.4, 0.5) is 18.9 Å². The number of nitrogens with zero attached hydrogens (tertiary/aromatic N) is 2. The van der Waals surface area contributed by atoms with E-state index < -0.39 is 22.9 Å². The molecule has 1 N–H and O–H groups in total. The summed E-state index contributed by atoms with van der Waals surface area (Å²) in [6, 6.07) is 7.00. The van der Waals surface area contributed by atoms with Gasteiger partial charge in [-0.15, -0.1) is 0 Å². The second kappa shape index (κ2) is 7.84. The molecule has 1 unspecified atom stereocenters. The standard InChI is InChI=1S/C20H18F3N3OS/c1-11-13-6-5-9-16(13)26-19(14(11)10-24)28-12(2)18(27)25-17-8-4-3-7-15(17)20(21,22)23/h3-4,7-8,12H,5-6,9H2,1-2H3,(H,25,27). The first-order valence-electron chi connectivity index (χ1n) is 8.78. The Balaban J connectivity index is 1.82. The van der Waals surface area contributed by atoms with Crippen molar-refractivity contribution in [2.45, 2.75) is 49.6 Å². The summed E-state index contributed by atoms with van der Waals surface area (Å²) in [5, 5.41) is 11.6. The molecule has 8 heteroatoms. The number of amides is 1. The summed E-state index contributed by atoms with van der Waals surface area (Å²) >= 11 is 1.09. The van der Waals surface area contributed by atoms with Crippen molar-refractivity contribution in [1.82, 2.24) is 4.98 Å². The summed E-state index contributed by atoms with van der Waals surface area (Å²) < 4.78 is 39.3. The molecule has 0 spiro atoms. The first kappa shape index (κ1) is 20.2. The summed E-state index contributed by atoms with van der Waals surface area (Å²) in [6.07, 6.45) is -1.87. The highest BCUT2D eigenvalue weighted by Crippen LogP contribution is 2.36. The van der Waals surface area contributed by atoms with Crippen LogP contribution in [0.2, 0.25) is 0 Å². The number of nitriles is 1. The molecule has 0 saturated heterocycles. The molecule has 0 bridgehead atoms. The molecule has 1 aromatic carbocycles. The number of hydrogen-bond donors (Lipinski definition) is 1. The summed E-state index contributed by atoms with van der Waals surface area (Å²) in [4.78, 5) is 17.1. The number of nitrogens with one attached hydrogen (secondary N) is 1. The van der Waals surface area contributed by atoms with Gasteiger partial charge in [-0.1, -0.05) is 23.9 Å². The monoisotopic (exact) mass is 405 g/mol. The molecule has 1 atom stereocenters. The van der Waals surface area contributed by atoms with Gasteiger partial charge in [0.25, 0.3) is 0 Å². The minimum atomic E-state index is -4.56. The third-order valence-electron chi connectivity index (χ3n) is 4.73. The Kier molecular flexibility index (Phi) is 5.66. The minimum Gasteiger partial charge on any atom is -0.325 e. The molecule has 1 heterocycles. The van der Waals surface area contributed by atoms with Crippen LogP contribution >= 0.6 is 11.8 Å². The Morgan fingerprint density at radius 2 is 2.04 bits per heavy atom. The van der Waals surface area contributed by atoms with Gasteiger partial charge in [-0.25, -0.2) is 4.98 Å². The van der Waals surface area contributed by atoms with Crippen molar-refractivity contribution in [2.75, 3.05) is 5.32 Å². The van der Waals surface area contributed by atoms with E-state index in [-0.39, 0.29) is 5.69 Å². The third kappa shape index (κ3) is 3.99. The van der Waals surface area contributed by atoms with Crippen LogP contribution in [0.1, 0.15) is 41.3 Å². The minimum absolute atomic E-state index is 0.286. The number of pyridine rings is 1. The number of aromatic nitrogens is 1. The van der Waals surface area contributed by atoms with E-state index in [4.69, 9.17) is 0 Å². The first-order valence-corrected chi connectivity index (χ1v) is 9.66. The van der Waals surface area contributed by atoms with Crippen LogP contribution in [0.5, 0.6) is 0 Å². The van der Waals surface area contributed by atoms with Crippen LogP contribution < -0.4 is 5.32 Å². The van der Waals surface area contributed by atoms with Gasteiger partial charge in [0.15, 0.2) is 0 Å². The van der Waals surface area contributed by atoms with E-state index >= 15 is 0 Å². The fourth-order valence-corrected chi connectivity index (χ4v) is 4.24. The highest BCUT2D eigenvalue weighted by atomic mass is 32.2. The van der Waals surface area contributed by atoms with Crippen molar-refractivity contribution in [3.8, 4) is 6.07 Å². The molecule has 2 aromatic rings. The van der Waals surface area contributed by atoms with Gasteiger partial charge in [0.2, 0.25) is 5.91 Å². The van der Waals surface area contributed by atoms with Gasteiger partial charge in [0.05, 0.1) is 22.1 Å². The number of benzene rings is 1. The van der Waals surface area contributed by atoms with Gasteiger partial charge < -0.3 is 5.32 Å². The maximum atomic E-state index is 13.1. The molecule has 28 heavy (non-hydrogen) atoms. The number of fused-ring (bicyclic) bond motifs is 1. The molecule has 146 valence electrons. The topological polar surface area (TPSA) is 65.8 Å². The van der Waals surface area contributed by atoms with Crippen LogP contribution in [-0.4, -0.2) is 16.1 Å². The van der Waals surface area contributed by atoms with E-state index in [0.29, 0.717) is 10.6 Å². The summed E-state index contributed by atoms with van der Waals surface area (Å²) in [6.45, 7) is 3.46. The van der Waals surface area contributed by atoms with Crippen molar-refractivity contribution in [2.24, 2.45) is 0 Å². The van der Waals surface area contributed by atoms with Gasteiger partial charge in [-0.3, -0.25) is 4.79 Å². The molecule has 0 fully saturated rings. The molecule has 1 amide bonds. The van der Waals surface area contributed by atoms with Crippen LogP contribution in [-0.2, 0) is 23.8 Å². The van der Waals surface area contributed by atoms with E-state index in [9.17, 15) is 23.2 Å². The van der Waals surface area contributed by atoms with Gasteiger partial charge in [0, 0.05) is 5.69 Å². The number of anilines is 1. The second-order valence-corrected chi connectivity index (χ2v) is 7.93. The zero-order chi connectivity index (χ0) is 20.5. The lowest BCUT2D eigenvalue weighted by molar-refractivity contribution is -0.137. The maximum Gasteiger partial charge on any atom is 0.418 e. The lowest BCUT2D eigenvalue weighted by atomic mass is 10.0. The molecule has 4 nitrogen and oxygen atoms in total. The van der Waals surface area contributed by atoms with Crippen molar-refractivity contribution < 1.29 is 18.0 Å². The third-order valence-corrected chi connectivity index (χ3v) is 5.81. The Bertz CT molecular complexity index is 966. The van der Waals surface area contributed by atoms with Gasteiger partial charge >= 0.3 is 6.18 Å². The molecular formula is C20H18F3N3OS. The van der Waals surface area contributed by atoms with Crippen molar-refractivity contribution >= 4 is 23.4 Å². The molecule has 0 aliphatic heterocycles. The van der Waals surface area contributed by atoms with Crippen molar-refractivity contribution in [1.29, 1.82) is 5.26 Å². The predicted molar refractivity (Wildman–Crippen MR) is 101 cm³/mol. The fourth-order valence-electron chi connectivity index (χ4n) is 3.26. The van der Waals surface area contributed by atoms with E-state index in [1.165, 1.54) is 18.2 Å². The van der Waals surface area contributed by atoms with Crippen LogP contribution in [0.3, 0.4) is 0 Å². The molecule has 0 saturated carbocycles. The highest BCUT2D eigenvalue weighted by molar-refractivity contribution is 8.00. The highest BCUT2D eigenvalue weighted by Gasteiger charge is 2.34. The fraction of sp³-hybridized carbons (Fsp3) is 0.350. The summed E-state index contributed by atoms with van der Waals surface area (Å²) in [5.74, 6) is -0.578. The predicted octanol–water partition coefficient (Wildman–Crippen LogP) is 4.89. The average molecular weight is 405 g/mol. The maximum absolute atomic E-state index is 13.1. The van der Waals surface area contributed by atoms with E-state index in [0.717, 1.165) is 53.9 Å². The quantitative estimate of drug-likeness (QED) is 0.736. The zero-order valence-corrected chi connectivity index (χ0v) is 16.2. The first-order chi connectivity index (χ1) is 13.2. The lowest BCUT2D eigenvalue weighted by Gasteiger charge is -2.17. The number of halogens is 3. The number of alkyl halides is 3. The number of carbonyl (C=O) groups is 1. The molecule has 0 radical (unpaired) electrons. The molecule has 1 aromatic heterocycles. The van der Waals surface area contributed by atoms with Crippen LogP contribution in [0.25, 0.3) is 0 Å². The zero-order valence-electron chi connectivity index (χ0n) is 15.4. The van der Waals surface area contributed by atoms with Crippen molar-refractivity contribution in [3.63, 3.8) is 0 Å². The number of carbonyl (C=O) groups excluding carboxylic acids is 1. The van der Waals surface area contributed by atoms with Crippen LogP contribution in [0, 0.1) is 18.3 Å². The smallest absolute Gasteiger partial charge is 0.325 e. The largest absolute Gasteiger partial charge is 0.418 e. The van der Waals surface area contributed by atoms with Gasteiger partial charge in [-0.05, 0) is 56.4 Å². The number of aryl methyl sites for hydroxylation is 1. The summed E-state index contributed by atoms with van der Waals surface area (Å²) in [7, 11) is 0. The van der Waals surface area contributed by atoms with E-state index in [2.05, 4.69) is 16.4 Å². The Hall–Kier alpha value is -2.53. The summed E-state index contributed by atoms with van der Waals surface area (Å²) in [5.41, 5.74) is 2.16. The normalized spacial score (nSPS) is 14.3. The average Bonchev–Trinajstić information content (AvgIpc) is 3.10. The molecular weight excluding hydrogens is 387 g/mol. The molecule has 3 rings (SSSR count).